The molecule has 0 atom stereocenters. The Kier molecular flexibility index (Phi) is 6.52. The number of aliphatic hydroxyl groups is 1. The van der Waals surface area contributed by atoms with Gasteiger partial charge in [0.2, 0.25) is 5.91 Å². The third kappa shape index (κ3) is 5.14. The lowest BCUT2D eigenvalue weighted by atomic mass is 10.0. The second kappa shape index (κ2) is 6.80. The molecule has 15 heavy (non-hydrogen) atoms. The van der Waals surface area contributed by atoms with Crippen molar-refractivity contribution < 1.29 is 14.6 Å². The number of carbonyl (C=O) groups excluding carboxylic acids is 1. The molecule has 4 heteroatoms. The van der Waals surface area contributed by atoms with E-state index in [1.54, 1.807) is 11.9 Å². The predicted molar refractivity (Wildman–Crippen MR) is 59.7 cm³/mol. The number of hydrogen-bond donors (Lipinski definition) is 1. The number of hydrogen-bond acceptors (Lipinski definition) is 3. The highest BCUT2D eigenvalue weighted by Crippen LogP contribution is 2.12. The van der Waals surface area contributed by atoms with Crippen molar-refractivity contribution in [3.8, 4) is 0 Å². The molecule has 0 aromatic heterocycles. The van der Waals surface area contributed by atoms with E-state index in [1.165, 1.54) is 0 Å². The van der Waals surface area contributed by atoms with Gasteiger partial charge in [0.1, 0.15) is 0 Å². The molecule has 1 amide bonds. The van der Waals surface area contributed by atoms with Gasteiger partial charge < -0.3 is 14.7 Å². The highest BCUT2D eigenvalue weighted by Gasteiger charge is 2.26. The van der Waals surface area contributed by atoms with Gasteiger partial charge in [0.15, 0.2) is 0 Å². The van der Waals surface area contributed by atoms with Crippen molar-refractivity contribution in [3.63, 3.8) is 0 Å². The topological polar surface area (TPSA) is 49.8 Å². The Bertz CT molecular complexity index is 192. The minimum absolute atomic E-state index is 0.00477. The van der Waals surface area contributed by atoms with E-state index in [0.717, 1.165) is 6.42 Å². The minimum atomic E-state index is -0.498. The molecule has 0 heterocycles. The molecule has 0 saturated heterocycles. The molecule has 4 nitrogen and oxygen atoms in total. The van der Waals surface area contributed by atoms with Gasteiger partial charge in [-0.15, -0.1) is 0 Å². The molecule has 0 unspecified atom stereocenters. The van der Waals surface area contributed by atoms with Crippen molar-refractivity contribution >= 4 is 5.91 Å². The van der Waals surface area contributed by atoms with E-state index in [9.17, 15) is 4.79 Å². The first kappa shape index (κ1) is 14.4. The number of ether oxygens (including phenoxy) is 1. The molecule has 0 saturated carbocycles. The number of amides is 1. The summed E-state index contributed by atoms with van der Waals surface area (Å²) in [4.78, 5) is 13.2. The van der Waals surface area contributed by atoms with E-state index >= 15 is 0 Å². The van der Waals surface area contributed by atoms with E-state index in [-0.39, 0.29) is 12.5 Å². The van der Waals surface area contributed by atoms with Crippen LogP contribution < -0.4 is 0 Å². The average Bonchev–Trinajstić information content (AvgIpc) is 2.23. The monoisotopic (exact) mass is 217 g/mol. The molecule has 0 aliphatic heterocycles. The van der Waals surface area contributed by atoms with Crippen LogP contribution in [0.2, 0.25) is 0 Å². The van der Waals surface area contributed by atoms with Gasteiger partial charge in [0.25, 0.3) is 0 Å². The smallest absolute Gasteiger partial charge is 0.225 e. The zero-order chi connectivity index (χ0) is 11.9. The summed E-state index contributed by atoms with van der Waals surface area (Å²) in [6.45, 7) is 6.81. The van der Waals surface area contributed by atoms with Crippen LogP contribution in [-0.4, -0.2) is 48.3 Å². The SMILES string of the molecule is CCCOCCC(=O)N(C)C(C)(C)CO. The molecular weight excluding hydrogens is 194 g/mol. The summed E-state index contributed by atoms with van der Waals surface area (Å²) in [7, 11) is 1.71. The second-order valence-electron chi connectivity index (χ2n) is 4.29. The largest absolute Gasteiger partial charge is 0.394 e. The number of aliphatic hydroxyl groups excluding tert-OH is 1. The quantitative estimate of drug-likeness (QED) is 0.648. The van der Waals surface area contributed by atoms with E-state index in [4.69, 9.17) is 9.84 Å². The molecule has 90 valence electrons. The maximum atomic E-state index is 11.6. The van der Waals surface area contributed by atoms with E-state index < -0.39 is 5.54 Å². The first-order valence-electron chi connectivity index (χ1n) is 5.41. The number of rotatable bonds is 7. The molecule has 0 spiro atoms. The van der Waals surface area contributed by atoms with Crippen LogP contribution in [0, 0.1) is 0 Å². The predicted octanol–water partition coefficient (Wildman–Crippen LogP) is 1.03. The molecular formula is C11H23NO3. The molecule has 0 rings (SSSR count). The van der Waals surface area contributed by atoms with Crippen molar-refractivity contribution in [3.05, 3.63) is 0 Å². The molecule has 1 N–H and O–H groups in total. The van der Waals surface area contributed by atoms with Crippen molar-refractivity contribution in [1.29, 1.82) is 0 Å². The lowest BCUT2D eigenvalue weighted by Crippen LogP contribution is -2.47. The van der Waals surface area contributed by atoms with Gasteiger partial charge >= 0.3 is 0 Å². The Morgan fingerprint density at radius 1 is 1.40 bits per heavy atom. The van der Waals surface area contributed by atoms with Gasteiger partial charge in [-0.05, 0) is 20.3 Å². The van der Waals surface area contributed by atoms with Gasteiger partial charge in [0, 0.05) is 13.7 Å². The van der Waals surface area contributed by atoms with Crippen LogP contribution >= 0.6 is 0 Å². The summed E-state index contributed by atoms with van der Waals surface area (Å²) < 4.78 is 5.24. The first-order valence-corrected chi connectivity index (χ1v) is 5.41. The molecule has 0 bridgehead atoms. The molecule has 0 radical (unpaired) electrons. The van der Waals surface area contributed by atoms with Crippen LogP contribution in [0.3, 0.4) is 0 Å². The van der Waals surface area contributed by atoms with Crippen molar-refractivity contribution in [2.45, 2.75) is 39.2 Å². The highest BCUT2D eigenvalue weighted by atomic mass is 16.5. The zero-order valence-electron chi connectivity index (χ0n) is 10.2. The minimum Gasteiger partial charge on any atom is -0.394 e. The lowest BCUT2D eigenvalue weighted by Gasteiger charge is -2.34. The van der Waals surface area contributed by atoms with Gasteiger partial charge in [-0.3, -0.25) is 4.79 Å². The third-order valence-corrected chi connectivity index (χ3v) is 2.48. The lowest BCUT2D eigenvalue weighted by molar-refractivity contribution is -0.137. The third-order valence-electron chi connectivity index (χ3n) is 2.48. The Balaban J connectivity index is 3.89. The molecule has 0 fully saturated rings. The number of carbonyl (C=O) groups is 1. The summed E-state index contributed by atoms with van der Waals surface area (Å²) in [5.41, 5.74) is -0.498. The zero-order valence-corrected chi connectivity index (χ0v) is 10.2. The first-order chi connectivity index (χ1) is 6.95. The summed E-state index contributed by atoms with van der Waals surface area (Å²) >= 11 is 0. The van der Waals surface area contributed by atoms with E-state index in [0.29, 0.717) is 19.6 Å². The maximum absolute atomic E-state index is 11.6. The Morgan fingerprint density at radius 3 is 2.47 bits per heavy atom. The fourth-order valence-corrected chi connectivity index (χ4v) is 1.02. The fraction of sp³-hybridized carbons (Fsp3) is 0.909. The van der Waals surface area contributed by atoms with Crippen LogP contribution in [0.5, 0.6) is 0 Å². The van der Waals surface area contributed by atoms with Gasteiger partial charge in [-0.2, -0.15) is 0 Å². The van der Waals surface area contributed by atoms with Crippen LogP contribution in [-0.2, 0) is 9.53 Å². The van der Waals surface area contributed by atoms with Crippen molar-refractivity contribution in [2.75, 3.05) is 26.9 Å². The Labute approximate surface area is 92.2 Å². The standard InChI is InChI=1S/C11H23NO3/c1-5-7-15-8-6-10(14)12(4)11(2,3)9-13/h13H,5-9H2,1-4H3. The Hall–Kier alpha value is -0.610. The fourth-order valence-electron chi connectivity index (χ4n) is 1.02. The van der Waals surface area contributed by atoms with E-state index in [2.05, 4.69) is 0 Å². The second-order valence-corrected chi connectivity index (χ2v) is 4.29. The van der Waals surface area contributed by atoms with Gasteiger partial charge in [0.05, 0.1) is 25.2 Å². The number of likely N-dealkylation sites (N-methyl/N-ethyl adjacent to an activating group) is 1. The Morgan fingerprint density at radius 2 is 2.00 bits per heavy atom. The van der Waals surface area contributed by atoms with Crippen molar-refractivity contribution in [1.82, 2.24) is 4.90 Å². The molecule has 0 aliphatic rings. The van der Waals surface area contributed by atoms with Crippen molar-refractivity contribution in [2.24, 2.45) is 0 Å². The van der Waals surface area contributed by atoms with Crippen LogP contribution in [0.1, 0.15) is 33.6 Å². The summed E-state index contributed by atoms with van der Waals surface area (Å²) in [5, 5.41) is 9.10. The van der Waals surface area contributed by atoms with Gasteiger partial charge in [-0.25, -0.2) is 0 Å². The maximum Gasteiger partial charge on any atom is 0.225 e. The van der Waals surface area contributed by atoms with Crippen LogP contribution in [0.25, 0.3) is 0 Å². The van der Waals surface area contributed by atoms with Crippen LogP contribution in [0.15, 0.2) is 0 Å². The molecule has 0 aromatic rings. The summed E-state index contributed by atoms with van der Waals surface area (Å²) in [6.07, 6.45) is 1.34. The normalized spacial score (nSPS) is 11.5. The summed E-state index contributed by atoms with van der Waals surface area (Å²) in [5.74, 6) is 0.00477. The number of nitrogens with zero attached hydrogens (tertiary/aromatic N) is 1. The van der Waals surface area contributed by atoms with Crippen LogP contribution in [0.4, 0.5) is 0 Å². The van der Waals surface area contributed by atoms with E-state index in [1.807, 2.05) is 20.8 Å². The van der Waals surface area contributed by atoms with Gasteiger partial charge in [-0.1, -0.05) is 6.92 Å². The average molecular weight is 217 g/mol. The summed E-state index contributed by atoms with van der Waals surface area (Å²) in [6, 6.07) is 0. The highest BCUT2D eigenvalue weighted by molar-refractivity contribution is 5.76. The molecule has 0 aromatic carbocycles. The molecule has 0 aliphatic carbocycles.